The van der Waals surface area contributed by atoms with Gasteiger partial charge in [-0.2, -0.15) is 0 Å². The first-order chi connectivity index (χ1) is 9.19. The molecule has 4 nitrogen and oxygen atoms in total. The number of aromatic nitrogens is 1. The van der Waals surface area contributed by atoms with E-state index < -0.39 is 0 Å². The van der Waals surface area contributed by atoms with Crippen molar-refractivity contribution in [1.82, 2.24) is 4.98 Å². The highest BCUT2D eigenvalue weighted by Crippen LogP contribution is 2.33. The second-order valence-corrected chi connectivity index (χ2v) is 5.51. The molecule has 0 unspecified atom stereocenters. The van der Waals surface area contributed by atoms with Crippen LogP contribution in [0, 0.1) is 0 Å². The predicted molar refractivity (Wildman–Crippen MR) is 77.4 cm³/mol. The Bertz CT molecular complexity index is 635. The molecule has 2 heterocycles. The van der Waals surface area contributed by atoms with E-state index in [0.717, 1.165) is 33.9 Å². The number of hydrogen-bond donors (Lipinski definition) is 1. The van der Waals surface area contributed by atoms with Crippen LogP contribution >= 0.6 is 11.3 Å². The molecule has 98 valence electrons. The van der Waals surface area contributed by atoms with Crippen molar-refractivity contribution in [2.45, 2.75) is 12.8 Å². The first kappa shape index (κ1) is 12.3. The van der Waals surface area contributed by atoms with Crippen molar-refractivity contribution in [3.63, 3.8) is 0 Å². The number of likely N-dealkylation sites (N-methyl/N-ethyl adjacent to an activating group) is 1. The third-order valence-electron chi connectivity index (χ3n) is 3.36. The highest BCUT2D eigenvalue weighted by molar-refractivity contribution is 7.13. The Morgan fingerprint density at radius 2 is 2.32 bits per heavy atom. The van der Waals surface area contributed by atoms with Gasteiger partial charge in [0.15, 0.2) is 0 Å². The number of benzene rings is 1. The summed E-state index contributed by atoms with van der Waals surface area (Å²) in [6, 6.07) is 6.10. The summed E-state index contributed by atoms with van der Waals surface area (Å²) in [5.74, 6) is 0.148. The van der Waals surface area contributed by atoms with Crippen LogP contribution in [0.4, 0.5) is 5.69 Å². The molecule has 0 radical (unpaired) electrons. The zero-order valence-corrected chi connectivity index (χ0v) is 11.5. The smallest absolute Gasteiger partial charge is 0.231 e. The van der Waals surface area contributed by atoms with Gasteiger partial charge in [0.25, 0.3) is 0 Å². The maximum absolute atomic E-state index is 11.7. The molecular weight excluding hydrogens is 258 g/mol. The van der Waals surface area contributed by atoms with Crippen molar-refractivity contribution >= 4 is 22.9 Å². The molecule has 0 fully saturated rings. The van der Waals surface area contributed by atoms with E-state index in [1.54, 1.807) is 16.2 Å². The van der Waals surface area contributed by atoms with Crippen molar-refractivity contribution in [3.8, 4) is 10.6 Å². The fourth-order valence-electron chi connectivity index (χ4n) is 2.31. The van der Waals surface area contributed by atoms with Crippen LogP contribution in [0.1, 0.15) is 11.3 Å². The third kappa shape index (κ3) is 2.15. The highest BCUT2D eigenvalue weighted by Gasteiger charge is 2.24. The Balaban J connectivity index is 1.94. The quantitative estimate of drug-likeness (QED) is 0.928. The number of nitrogens with two attached hydrogens (primary N) is 1. The minimum Gasteiger partial charge on any atom is -0.330 e. The minimum atomic E-state index is 0.148. The summed E-state index contributed by atoms with van der Waals surface area (Å²) in [5.41, 5.74) is 9.74. The number of fused-ring (bicyclic) bond motifs is 1. The molecule has 0 spiro atoms. The van der Waals surface area contributed by atoms with Gasteiger partial charge in [0, 0.05) is 30.1 Å². The van der Waals surface area contributed by atoms with Crippen molar-refractivity contribution in [2.75, 3.05) is 18.5 Å². The van der Waals surface area contributed by atoms with Crippen LogP contribution < -0.4 is 10.6 Å². The van der Waals surface area contributed by atoms with Gasteiger partial charge in [-0.25, -0.2) is 4.98 Å². The SMILES string of the molecule is CN1C(=O)Cc2cc(-c3nc(CCN)cs3)ccc21. The van der Waals surface area contributed by atoms with Gasteiger partial charge in [0.2, 0.25) is 5.91 Å². The van der Waals surface area contributed by atoms with Gasteiger partial charge >= 0.3 is 0 Å². The van der Waals surface area contributed by atoms with E-state index in [0.29, 0.717) is 13.0 Å². The van der Waals surface area contributed by atoms with Crippen LogP contribution in [0.3, 0.4) is 0 Å². The molecule has 1 aliphatic rings. The van der Waals surface area contributed by atoms with Crippen LogP contribution in [0.2, 0.25) is 0 Å². The van der Waals surface area contributed by atoms with E-state index in [2.05, 4.69) is 11.1 Å². The van der Waals surface area contributed by atoms with Crippen molar-refractivity contribution in [1.29, 1.82) is 0 Å². The standard InChI is InChI=1S/C14H15N3OS/c1-17-12-3-2-9(6-10(12)7-13(17)18)14-16-11(4-5-15)8-19-14/h2-3,6,8H,4-5,7,15H2,1H3. The number of carbonyl (C=O) groups excluding carboxylic acids is 1. The summed E-state index contributed by atoms with van der Waals surface area (Å²) in [7, 11) is 1.82. The van der Waals surface area contributed by atoms with Gasteiger partial charge in [-0.1, -0.05) is 0 Å². The largest absolute Gasteiger partial charge is 0.330 e. The molecule has 0 aliphatic carbocycles. The van der Waals surface area contributed by atoms with E-state index in [-0.39, 0.29) is 5.91 Å². The predicted octanol–water partition coefficient (Wildman–Crippen LogP) is 1.83. The first-order valence-electron chi connectivity index (χ1n) is 6.23. The number of thiazole rings is 1. The van der Waals surface area contributed by atoms with Crippen molar-refractivity contribution < 1.29 is 4.79 Å². The summed E-state index contributed by atoms with van der Waals surface area (Å²) in [6.45, 7) is 0.618. The average molecular weight is 273 g/mol. The van der Waals surface area contributed by atoms with Crippen LogP contribution in [0.5, 0.6) is 0 Å². The lowest BCUT2D eigenvalue weighted by atomic mass is 10.1. The molecular formula is C14H15N3OS. The van der Waals surface area contributed by atoms with Gasteiger partial charge in [-0.15, -0.1) is 11.3 Å². The molecule has 1 aromatic carbocycles. The number of hydrogen-bond acceptors (Lipinski definition) is 4. The number of rotatable bonds is 3. The molecule has 2 N–H and O–H groups in total. The molecule has 2 aromatic rings. The van der Waals surface area contributed by atoms with Crippen LogP contribution in [-0.2, 0) is 17.6 Å². The second kappa shape index (κ2) is 4.75. The average Bonchev–Trinajstić information content (AvgIpc) is 2.96. The summed E-state index contributed by atoms with van der Waals surface area (Å²) in [4.78, 5) is 18.0. The number of amides is 1. The monoisotopic (exact) mass is 273 g/mol. The molecule has 19 heavy (non-hydrogen) atoms. The van der Waals surface area contributed by atoms with Gasteiger partial charge in [-0.3, -0.25) is 4.79 Å². The van der Waals surface area contributed by atoms with Crippen LogP contribution in [0.25, 0.3) is 10.6 Å². The van der Waals surface area contributed by atoms with Crippen LogP contribution in [0.15, 0.2) is 23.6 Å². The van der Waals surface area contributed by atoms with Crippen LogP contribution in [-0.4, -0.2) is 24.5 Å². The van der Waals surface area contributed by atoms with Crippen molar-refractivity contribution in [3.05, 3.63) is 34.8 Å². The molecule has 0 atom stereocenters. The zero-order chi connectivity index (χ0) is 13.4. The Morgan fingerprint density at radius 3 is 3.11 bits per heavy atom. The van der Waals surface area contributed by atoms with E-state index in [1.807, 2.05) is 24.6 Å². The maximum atomic E-state index is 11.7. The molecule has 1 aromatic heterocycles. The fraction of sp³-hybridized carbons (Fsp3) is 0.286. The molecule has 0 bridgehead atoms. The fourth-order valence-corrected chi connectivity index (χ4v) is 3.16. The lowest BCUT2D eigenvalue weighted by Gasteiger charge is -2.09. The Morgan fingerprint density at radius 1 is 1.47 bits per heavy atom. The van der Waals surface area contributed by atoms with E-state index >= 15 is 0 Å². The summed E-state index contributed by atoms with van der Waals surface area (Å²) in [6.07, 6.45) is 1.30. The number of nitrogens with zero attached hydrogens (tertiary/aromatic N) is 2. The lowest BCUT2D eigenvalue weighted by molar-refractivity contribution is -0.117. The topological polar surface area (TPSA) is 59.2 Å². The maximum Gasteiger partial charge on any atom is 0.231 e. The second-order valence-electron chi connectivity index (χ2n) is 4.66. The number of anilines is 1. The molecule has 1 aliphatic heterocycles. The highest BCUT2D eigenvalue weighted by atomic mass is 32.1. The lowest BCUT2D eigenvalue weighted by Crippen LogP contribution is -2.20. The van der Waals surface area contributed by atoms with E-state index in [9.17, 15) is 4.79 Å². The third-order valence-corrected chi connectivity index (χ3v) is 4.30. The Kier molecular flexibility index (Phi) is 3.08. The van der Waals surface area contributed by atoms with E-state index in [4.69, 9.17) is 5.73 Å². The van der Waals surface area contributed by atoms with Gasteiger partial charge in [0.05, 0.1) is 12.1 Å². The van der Waals surface area contributed by atoms with Gasteiger partial charge in [-0.05, 0) is 30.3 Å². The normalized spacial score (nSPS) is 14.0. The molecule has 5 heteroatoms. The Labute approximate surface area is 115 Å². The van der Waals surface area contributed by atoms with Gasteiger partial charge in [0.1, 0.15) is 5.01 Å². The van der Waals surface area contributed by atoms with Crippen molar-refractivity contribution in [2.24, 2.45) is 5.73 Å². The molecule has 3 rings (SSSR count). The first-order valence-corrected chi connectivity index (χ1v) is 7.11. The molecule has 1 amide bonds. The summed E-state index contributed by atoms with van der Waals surface area (Å²) >= 11 is 1.62. The zero-order valence-electron chi connectivity index (χ0n) is 10.7. The number of carbonyl (C=O) groups is 1. The Hall–Kier alpha value is -1.72. The summed E-state index contributed by atoms with van der Waals surface area (Å²) < 4.78 is 0. The summed E-state index contributed by atoms with van der Waals surface area (Å²) in [5, 5.41) is 3.04. The molecule has 0 saturated carbocycles. The van der Waals surface area contributed by atoms with Gasteiger partial charge < -0.3 is 10.6 Å². The van der Waals surface area contributed by atoms with E-state index in [1.165, 1.54) is 0 Å². The minimum absolute atomic E-state index is 0.148. The molecule has 0 saturated heterocycles.